The summed E-state index contributed by atoms with van der Waals surface area (Å²) in [4.78, 5) is 48.1. The lowest BCUT2D eigenvalue weighted by atomic mass is 9.86. The Balaban J connectivity index is 2.39. The Bertz CT molecular complexity index is 1010. The standard InChI is InChI=1S/C24H28N2O7/c1-24(2,3)17-10-6-16(7-11-17)22(28)25-21(23(29)33-5)19(14-20(27)32-4)15-8-12-18(13-9-15)26(30)31/h6-13,19,21H,14H2,1-5H3,(H,25,28)/t19-,21-/m1/s1. The van der Waals surface area contributed by atoms with Crippen molar-refractivity contribution in [3.63, 3.8) is 0 Å². The van der Waals surface area contributed by atoms with Crippen molar-refractivity contribution in [3.05, 3.63) is 75.3 Å². The SMILES string of the molecule is COC(=O)C[C@H](c1ccc([N+](=O)[O-])cc1)[C@@H](NC(=O)c1ccc(C(C)(C)C)cc1)C(=O)OC. The van der Waals surface area contributed by atoms with Crippen molar-refractivity contribution in [2.24, 2.45) is 0 Å². The van der Waals surface area contributed by atoms with Gasteiger partial charge in [0.05, 0.1) is 25.6 Å². The molecule has 0 bridgehead atoms. The van der Waals surface area contributed by atoms with Gasteiger partial charge in [-0.25, -0.2) is 4.79 Å². The lowest BCUT2D eigenvalue weighted by Crippen LogP contribution is -2.46. The van der Waals surface area contributed by atoms with Gasteiger partial charge < -0.3 is 14.8 Å². The van der Waals surface area contributed by atoms with Crippen molar-refractivity contribution in [1.29, 1.82) is 0 Å². The highest BCUT2D eigenvalue weighted by Crippen LogP contribution is 2.28. The van der Waals surface area contributed by atoms with E-state index >= 15 is 0 Å². The molecule has 1 amide bonds. The minimum absolute atomic E-state index is 0.0922. The minimum Gasteiger partial charge on any atom is -0.469 e. The lowest BCUT2D eigenvalue weighted by molar-refractivity contribution is -0.384. The van der Waals surface area contributed by atoms with Crippen LogP contribution in [0.2, 0.25) is 0 Å². The van der Waals surface area contributed by atoms with Gasteiger partial charge in [0.1, 0.15) is 6.04 Å². The van der Waals surface area contributed by atoms with Crippen molar-refractivity contribution < 1.29 is 28.8 Å². The summed E-state index contributed by atoms with van der Waals surface area (Å²) in [7, 11) is 2.38. The molecule has 2 atom stereocenters. The van der Waals surface area contributed by atoms with Crippen LogP contribution in [-0.4, -0.2) is 43.0 Å². The average Bonchev–Trinajstić information content (AvgIpc) is 2.80. The number of benzene rings is 2. The molecule has 0 spiro atoms. The normalized spacial score (nSPS) is 12.9. The van der Waals surface area contributed by atoms with Crippen molar-refractivity contribution >= 4 is 23.5 Å². The Hall–Kier alpha value is -3.75. The summed E-state index contributed by atoms with van der Waals surface area (Å²) in [5.41, 5.74) is 1.57. The highest BCUT2D eigenvalue weighted by Gasteiger charge is 2.34. The predicted molar refractivity (Wildman–Crippen MR) is 121 cm³/mol. The fourth-order valence-electron chi connectivity index (χ4n) is 3.33. The fourth-order valence-corrected chi connectivity index (χ4v) is 3.33. The van der Waals surface area contributed by atoms with E-state index in [2.05, 4.69) is 26.1 Å². The highest BCUT2D eigenvalue weighted by molar-refractivity contribution is 5.97. The third kappa shape index (κ3) is 6.61. The fraction of sp³-hybridized carbons (Fsp3) is 0.375. The Morgan fingerprint density at radius 1 is 0.970 bits per heavy atom. The lowest BCUT2D eigenvalue weighted by Gasteiger charge is -2.26. The second-order valence-corrected chi connectivity index (χ2v) is 8.54. The summed E-state index contributed by atoms with van der Waals surface area (Å²) in [5.74, 6) is -2.77. The molecule has 0 fully saturated rings. The smallest absolute Gasteiger partial charge is 0.329 e. The molecule has 2 aromatic rings. The molecule has 1 N–H and O–H groups in total. The molecule has 0 aliphatic heterocycles. The van der Waals surface area contributed by atoms with E-state index in [1.54, 1.807) is 12.1 Å². The van der Waals surface area contributed by atoms with Crippen molar-refractivity contribution in [3.8, 4) is 0 Å². The summed E-state index contributed by atoms with van der Waals surface area (Å²) in [6, 6.07) is 11.2. The van der Waals surface area contributed by atoms with Gasteiger partial charge in [-0.1, -0.05) is 45.0 Å². The summed E-state index contributed by atoms with van der Waals surface area (Å²) in [6.07, 6.45) is -0.253. The number of nitro benzene ring substituents is 1. The number of methoxy groups -OCH3 is 2. The molecular formula is C24H28N2O7. The summed E-state index contributed by atoms with van der Waals surface area (Å²) < 4.78 is 9.63. The summed E-state index contributed by atoms with van der Waals surface area (Å²) >= 11 is 0. The molecule has 0 heterocycles. The van der Waals surface area contributed by atoms with Crippen LogP contribution >= 0.6 is 0 Å². The number of hydrogen-bond acceptors (Lipinski definition) is 7. The summed E-state index contributed by atoms with van der Waals surface area (Å²) in [6.45, 7) is 6.16. The number of nitrogens with zero attached hydrogens (tertiary/aromatic N) is 1. The first-order valence-corrected chi connectivity index (χ1v) is 10.3. The quantitative estimate of drug-likeness (QED) is 0.366. The Kier molecular flexibility index (Phi) is 8.28. The Morgan fingerprint density at radius 3 is 2.00 bits per heavy atom. The molecule has 33 heavy (non-hydrogen) atoms. The maximum absolute atomic E-state index is 12.9. The number of rotatable bonds is 8. The number of hydrogen-bond donors (Lipinski definition) is 1. The van der Waals surface area contributed by atoms with Gasteiger partial charge in [-0.15, -0.1) is 0 Å². The number of non-ortho nitro benzene ring substituents is 1. The topological polar surface area (TPSA) is 125 Å². The molecular weight excluding hydrogens is 428 g/mol. The molecule has 0 radical (unpaired) electrons. The second-order valence-electron chi connectivity index (χ2n) is 8.54. The van der Waals surface area contributed by atoms with Crippen LogP contribution in [0.15, 0.2) is 48.5 Å². The summed E-state index contributed by atoms with van der Waals surface area (Å²) in [5, 5.41) is 13.6. The van der Waals surface area contributed by atoms with E-state index in [0.717, 1.165) is 5.56 Å². The average molecular weight is 456 g/mol. The van der Waals surface area contributed by atoms with E-state index in [9.17, 15) is 24.5 Å². The van der Waals surface area contributed by atoms with Gasteiger partial charge in [0.2, 0.25) is 0 Å². The van der Waals surface area contributed by atoms with Gasteiger partial charge in [0.15, 0.2) is 0 Å². The molecule has 0 aliphatic rings. The van der Waals surface area contributed by atoms with Crippen LogP contribution in [0.3, 0.4) is 0 Å². The molecule has 0 saturated heterocycles. The largest absolute Gasteiger partial charge is 0.469 e. The number of carbonyl (C=O) groups excluding carboxylic acids is 3. The van der Waals surface area contributed by atoms with Gasteiger partial charge in [0, 0.05) is 23.6 Å². The number of amides is 1. The molecule has 0 saturated carbocycles. The molecule has 176 valence electrons. The van der Waals surface area contributed by atoms with E-state index in [-0.39, 0.29) is 17.5 Å². The van der Waals surface area contributed by atoms with E-state index in [1.165, 1.54) is 38.5 Å². The van der Waals surface area contributed by atoms with Crippen molar-refractivity contribution in [1.82, 2.24) is 5.32 Å². The van der Waals surface area contributed by atoms with Crippen LogP contribution in [0, 0.1) is 10.1 Å². The van der Waals surface area contributed by atoms with Gasteiger partial charge in [-0.3, -0.25) is 19.7 Å². The van der Waals surface area contributed by atoms with Crippen LogP contribution < -0.4 is 5.32 Å². The number of esters is 2. The molecule has 0 aromatic heterocycles. The third-order valence-electron chi connectivity index (χ3n) is 5.30. The molecule has 9 nitrogen and oxygen atoms in total. The molecule has 0 aliphatic carbocycles. The van der Waals surface area contributed by atoms with Crippen LogP contribution in [0.25, 0.3) is 0 Å². The van der Waals surface area contributed by atoms with E-state index in [4.69, 9.17) is 9.47 Å². The molecule has 9 heteroatoms. The number of nitro groups is 1. The van der Waals surface area contributed by atoms with E-state index < -0.39 is 34.7 Å². The highest BCUT2D eigenvalue weighted by atomic mass is 16.6. The van der Waals surface area contributed by atoms with Crippen LogP contribution in [0.4, 0.5) is 5.69 Å². The van der Waals surface area contributed by atoms with Crippen molar-refractivity contribution in [2.75, 3.05) is 14.2 Å². The van der Waals surface area contributed by atoms with Crippen LogP contribution in [-0.2, 0) is 24.5 Å². The minimum atomic E-state index is -1.23. The van der Waals surface area contributed by atoms with Crippen LogP contribution in [0.5, 0.6) is 0 Å². The monoisotopic (exact) mass is 456 g/mol. The zero-order valence-corrected chi connectivity index (χ0v) is 19.3. The first-order valence-electron chi connectivity index (χ1n) is 10.3. The first-order chi connectivity index (χ1) is 15.5. The van der Waals surface area contributed by atoms with Crippen molar-refractivity contribution in [2.45, 2.75) is 44.6 Å². The number of ether oxygens (including phenoxy) is 2. The second kappa shape index (κ2) is 10.7. The zero-order chi connectivity index (χ0) is 24.8. The first kappa shape index (κ1) is 25.5. The van der Waals surface area contributed by atoms with Gasteiger partial charge >= 0.3 is 11.9 Å². The molecule has 2 rings (SSSR count). The van der Waals surface area contributed by atoms with E-state index in [0.29, 0.717) is 11.1 Å². The molecule has 0 unspecified atom stereocenters. The number of nitrogens with one attached hydrogen (secondary N) is 1. The number of carbonyl (C=O) groups is 3. The van der Waals surface area contributed by atoms with Crippen LogP contribution in [0.1, 0.15) is 54.6 Å². The van der Waals surface area contributed by atoms with Gasteiger partial charge in [-0.2, -0.15) is 0 Å². The maximum atomic E-state index is 12.9. The zero-order valence-electron chi connectivity index (χ0n) is 19.3. The Morgan fingerprint density at radius 2 is 1.55 bits per heavy atom. The Labute approximate surface area is 192 Å². The van der Waals surface area contributed by atoms with Gasteiger partial charge in [-0.05, 0) is 28.7 Å². The molecule has 2 aromatic carbocycles. The van der Waals surface area contributed by atoms with E-state index in [1.807, 2.05) is 12.1 Å². The van der Waals surface area contributed by atoms with Gasteiger partial charge in [0.25, 0.3) is 11.6 Å². The third-order valence-corrected chi connectivity index (χ3v) is 5.30. The predicted octanol–water partition coefficient (Wildman–Crippen LogP) is 3.51. The maximum Gasteiger partial charge on any atom is 0.329 e.